The van der Waals surface area contributed by atoms with Crippen molar-refractivity contribution in [1.82, 2.24) is 4.90 Å². The van der Waals surface area contributed by atoms with Crippen LogP contribution in [0.25, 0.3) is 0 Å². The Labute approximate surface area is 170 Å². The smallest absolute Gasteiger partial charge is 0.0319 e. The van der Waals surface area contributed by atoms with Crippen molar-refractivity contribution < 1.29 is 0 Å². The summed E-state index contributed by atoms with van der Waals surface area (Å²) in [5, 5.41) is 0. The van der Waals surface area contributed by atoms with Crippen LogP contribution in [0.3, 0.4) is 0 Å². The van der Waals surface area contributed by atoms with Gasteiger partial charge >= 0.3 is 0 Å². The predicted octanol–water partition coefficient (Wildman–Crippen LogP) is 8.55. The molecule has 1 nitrogen and oxygen atoms in total. The average molecular weight is 374 g/mol. The fourth-order valence-corrected chi connectivity index (χ4v) is 3.99. The van der Waals surface area contributed by atoms with Gasteiger partial charge in [-0.2, -0.15) is 0 Å². The first-order valence-corrected chi connectivity index (χ1v) is 12.1. The summed E-state index contributed by atoms with van der Waals surface area (Å²) in [4.78, 5) is 2.74. The molecule has 0 aromatic heterocycles. The molecule has 0 bridgehead atoms. The summed E-state index contributed by atoms with van der Waals surface area (Å²) < 4.78 is 0. The van der Waals surface area contributed by atoms with Crippen LogP contribution in [0.1, 0.15) is 122 Å². The van der Waals surface area contributed by atoms with E-state index in [0.29, 0.717) is 6.04 Å². The first kappa shape index (κ1) is 24.2. The van der Waals surface area contributed by atoms with E-state index >= 15 is 0 Å². The van der Waals surface area contributed by atoms with Gasteiger partial charge in [-0.1, -0.05) is 121 Å². The lowest BCUT2D eigenvalue weighted by molar-refractivity contribution is 0.201. The zero-order valence-corrected chi connectivity index (χ0v) is 18.7. The van der Waals surface area contributed by atoms with Crippen molar-refractivity contribution >= 4 is 0 Å². The van der Waals surface area contributed by atoms with Gasteiger partial charge in [0, 0.05) is 6.04 Å². The van der Waals surface area contributed by atoms with Gasteiger partial charge < -0.3 is 0 Å². The molecule has 1 heteroatoms. The molecule has 0 aliphatic rings. The lowest BCUT2D eigenvalue weighted by Crippen LogP contribution is -2.29. The van der Waals surface area contributed by atoms with E-state index < -0.39 is 0 Å². The second-order valence-electron chi connectivity index (χ2n) is 8.37. The lowest BCUT2D eigenvalue weighted by atomic mass is 10.0. The van der Waals surface area contributed by atoms with E-state index in [-0.39, 0.29) is 0 Å². The fourth-order valence-electron chi connectivity index (χ4n) is 3.99. The van der Waals surface area contributed by atoms with Crippen LogP contribution in [0.5, 0.6) is 0 Å². The SMILES string of the molecule is CCCCCCCCCN(CCCCCCCCC)C(C)c1ccccc1. The lowest BCUT2D eigenvalue weighted by Gasteiger charge is -2.29. The van der Waals surface area contributed by atoms with Crippen molar-refractivity contribution in [3.8, 4) is 0 Å². The summed E-state index contributed by atoms with van der Waals surface area (Å²) >= 11 is 0. The maximum atomic E-state index is 2.74. The van der Waals surface area contributed by atoms with Gasteiger partial charge in [-0.05, 0) is 38.4 Å². The zero-order chi connectivity index (χ0) is 19.6. The Morgan fingerprint density at radius 3 is 1.44 bits per heavy atom. The molecular weight excluding hydrogens is 326 g/mol. The second-order valence-corrected chi connectivity index (χ2v) is 8.37. The maximum absolute atomic E-state index is 2.74. The van der Waals surface area contributed by atoms with E-state index in [1.165, 1.54) is 109 Å². The molecule has 27 heavy (non-hydrogen) atoms. The van der Waals surface area contributed by atoms with Gasteiger partial charge in [-0.25, -0.2) is 0 Å². The van der Waals surface area contributed by atoms with Gasteiger partial charge in [-0.3, -0.25) is 4.90 Å². The summed E-state index contributed by atoms with van der Waals surface area (Å²) in [5.74, 6) is 0. The van der Waals surface area contributed by atoms with E-state index in [9.17, 15) is 0 Å². The Kier molecular flexibility index (Phi) is 15.5. The number of hydrogen-bond donors (Lipinski definition) is 0. The highest BCUT2D eigenvalue weighted by atomic mass is 15.1. The third-order valence-corrected chi connectivity index (χ3v) is 5.93. The predicted molar refractivity (Wildman–Crippen MR) is 122 cm³/mol. The minimum atomic E-state index is 0.548. The van der Waals surface area contributed by atoms with Gasteiger partial charge in [-0.15, -0.1) is 0 Å². The molecule has 1 aromatic rings. The first-order valence-electron chi connectivity index (χ1n) is 12.1. The molecule has 1 unspecified atom stereocenters. The van der Waals surface area contributed by atoms with E-state index in [2.05, 4.69) is 56.0 Å². The average Bonchev–Trinajstić information content (AvgIpc) is 2.71. The van der Waals surface area contributed by atoms with Gasteiger partial charge in [0.15, 0.2) is 0 Å². The van der Waals surface area contributed by atoms with Crippen molar-refractivity contribution in [2.45, 2.75) is 117 Å². The Balaban J connectivity index is 2.33. The van der Waals surface area contributed by atoms with Gasteiger partial charge in [0.2, 0.25) is 0 Å². The van der Waals surface area contributed by atoms with Crippen molar-refractivity contribution in [2.75, 3.05) is 13.1 Å². The molecule has 0 saturated carbocycles. The van der Waals surface area contributed by atoms with E-state index in [1.54, 1.807) is 0 Å². The van der Waals surface area contributed by atoms with Crippen LogP contribution in [0, 0.1) is 0 Å². The highest BCUT2D eigenvalue weighted by Gasteiger charge is 2.14. The highest BCUT2D eigenvalue weighted by molar-refractivity contribution is 5.18. The van der Waals surface area contributed by atoms with Crippen LogP contribution in [0.15, 0.2) is 30.3 Å². The molecule has 0 fully saturated rings. The number of nitrogens with zero attached hydrogens (tertiary/aromatic N) is 1. The molecule has 156 valence electrons. The zero-order valence-electron chi connectivity index (χ0n) is 18.7. The van der Waals surface area contributed by atoms with Gasteiger partial charge in [0.25, 0.3) is 0 Å². The normalized spacial score (nSPS) is 12.6. The van der Waals surface area contributed by atoms with E-state index in [4.69, 9.17) is 0 Å². The number of rotatable bonds is 18. The Hall–Kier alpha value is -0.820. The van der Waals surface area contributed by atoms with Crippen molar-refractivity contribution in [1.29, 1.82) is 0 Å². The molecule has 0 aliphatic carbocycles. The van der Waals surface area contributed by atoms with Crippen molar-refractivity contribution in [2.24, 2.45) is 0 Å². The standard InChI is InChI=1S/C26H47N/c1-4-6-8-10-12-14-19-23-27(24-20-15-13-11-9-7-5-2)25(3)26-21-17-16-18-22-26/h16-18,21-22,25H,4-15,19-20,23-24H2,1-3H3. The molecule has 1 aromatic carbocycles. The van der Waals surface area contributed by atoms with Crippen molar-refractivity contribution in [3.05, 3.63) is 35.9 Å². The molecule has 0 spiro atoms. The van der Waals surface area contributed by atoms with Gasteiger partial charge in [0.1, 0.15) is 0 Å². The highest BCUT2D eigenvalue weighted by Crippen LogP contribution is 2.22. The fraction of sp³-hybridized carbons (Fsp3) is 0.769. The summed E-state index contributed by atoms with van der Waals surface area (Å²) in [5.41, 5.74) is 1.48. The first-order chi connectivity index (χ1) is 13.3. The van der Waals surface area contributed by atoms with E-state index in [0.717, 1.165) is 0 Å². The molecule has 0 N–H and O–H groups in total. The Morgan fingerprint density at radius 1 is 0.593 bits per heavy atom. The largest absolute Gasteiger partial charge is 0.297 e. The molecule has 0 radical (unpaired) electrons. The molecular formula is C26H47N. The number of benzene rings is 1. The molecule has 0 heterocycles. The van der Waals surface area contributed by atoms with Crippen molar-refractivity contribution in [3.63, 3.8) is 0 Å². The third kappa shape index (κ3) is 12.3. The van der Waals surface area contributed by atoms with Crippen LogP contribution in [0.4, 0.5) is 0 Å². The summed E-state index contributed by atoms with van der Waals surface area (Å²) in [7, 11) is 0. The number of unbranched alkanes of at least 4 members (excludes halogenated alkanes) is 12. The Bertz CT molecular complexity index is 395. The number of hydrogen-bond acceptors (Lipinski definition) is 1. The molecule has 0 amide bonds. The second kappa shape index (κ2) is 17.3. The molecule has 1 rings (SSSR count). The molecule has 0 aliphatic heterocycles. The van der Waals surface area contributed by atoms with E-state index in [1.807, 2.05) is 0 Å². The van der Waals surface area contributed by atoms with Crippen LogP contribution in [-0.4, -0.2) is 18.0 Å². The summed E-state index contributed by atoms with van der Waals surface area (Å²) in [6.07, 6.45) is 19.6. The minimum Gasteiger partial charge on any atom is -0.297 e. The summed E-state index contributed by atoms with van der Waals surface area (Å²) in [6.45, 7) is 9.52. The quantitative estimate of drug-likeness (QED) is 0.233. The topological polar surface area (TPSA) is 3.24 Å². The maximum Gasteiger partial charge on any atom is 0.0319 e. The van der Waals surface area contributed by atoms with Crippen LogP contribution >= 0.6 is 0 Å². The summed E-state index contributed by atoms with van der Waals surface area (Å²) in [6, 6.07) is 11.6. The Morgan fingerprint density at radius 2 is 1.00 bits per heavy atom. The third-order valence-electron chi connectivity index (χ3n) is 5.93. The minimum absolute atomic E-state index is 0.548. The van der Waals surface area contributed by atoms with Crippen LogP contribution in [0.2, 0.25) is 0 Å². The molecule has 0 saturated heterocycles. The van der Waals surface area contributed by atoms with Crippen LogP contribution in [-0.2, 0) is 0 Å². The monoisotopic (exact) mass is 373 g/mol. The molecule has 1 atom stereocenters. The van der Waals surface area contributed by atoms with Crippen LogP contribution < -0.4 is 0 Å². The van der Waals surface area contributed by atoms with Gasteiger partial charge in [0.05, 0.1) is 0 Å².